The first-order valence-corrected chi connectivity index (χ1v) is 4.86. The minimum atomic E-state index is -0.706. The van der Waals surface area contributed by atoms with Gasteiger partial charge in [-0.2, -0.15) is 0 Å². The molecule has 0 aromatic carbocycles. The zero-order chi connectivity index (χ0) is 9.61. The van der Waals surface area contributed by atoms with E-state index < -0.39 is 5.60 Å². The van der Waals surface area contributed by atoms with Crippen molar-refractivity contribution in [1.29, 1.82) is 0 Å². The third-order valence-corrected chi connectivity index (χ3v) is 1.98. The average molecular weight is 174 g/mol. The second-order valence-electron chi connectivity index (χ2n) is 3.77. The van der Waals surface area contributed by atoms with Gasteiger partial charge in [-0.15, -0.1) is 0 Å². The second kappa shape index (κ2) is 5.55. The molecule has 2 nitrogen and oxygen atoms in total. The molecule has 0 spiro atoms. The fourth-order valence-corrected chi connectivity index (χ4v) is 1.19. The van der Waals surface area contributed by atoms with Gasteiger partial charge in [0.15, 0.2) is 0 Å². The third kappa shape index (κ3) is 4.73. The van der Waals surface area contributed by atoms with E-state index in [2.05, 4.69) is 6.92 Å². The Morgan fingerprint density at radius 1 is 1.33 bits per heavy atom. The molecule has 0 aliphatic carbocycles. The molecular formula is C10H22O2. The highest BCUT2D eigenvalue weighted by Gasteiger charge is 2.25. The van der Waals surface area contributed by atoms with E-state index in [0.717, 1.165) is 25.9 Å². The summed E-state index contributed by atoms with van der Waals surface area (Å²) < 4.78 is 5.55. The highest BCUT2D eigenvalue weighted by molar-refractivity contribution is 4.76. The van der Waals surface area contributed by atoms with Crippen LogP contribution in [-0.2, 0) is 4.74 Å². The van der Waals surface area contributed by atoms with E-state index in [9.17, 15) is 5.11 Å². The Bertz CT molecular complexity index is 105. The molecular weight excluding hydrogens is 152 g/mol. The maximum absolute atomic E-state index is 9.65. The maximum atomic E-state index is 9.65. The van der Waals surface area contributed by atoms with E-state index in [4.69, 9.17) is 4.74 Å². The summed E-state index contributed by atoms with van der Waals surface area (Å²) in [5, 5.41) is 9.65. The molecule has 0 amide bonds. The molecule has 12 heavy (non-hydrogen) atoms. The van der Waals surface area contributed by atoms with Gasteiger partial charge in [0.25, 0.3) is 0 Å². The molecule has 0 radical (unpaired) electrons. The molecule has 0 saturated heterocycles. The van der Waals surface area contributed by atoms with Crippen LogP contribution in [0.15, 0.2) is 0 Å². The van der Waals surface area contributed by atoms with Gasteiger partial charge in [0.05, 0.1) is 11.7 Å². The average Bonchev–Trinajstić information content (AvgIpc) is 1.95. The van der Waals surface area contributed by atoms with Crippen LogP contribution in [0, 0.1) is 0 Å². The smallest absolute Gasteiger partial charge is 0.0853 e. The van der Waals surface area contributed by atoms with Gasteiger partial charge in [-0.05, 0) is 26.7 Å². The van der Waals surface area contributed by atoms with Crippen molar-refractivity contribution in [2.75, 3.05) is 6.61 Å². The van der Waals surface area contributed by atoms with Gasteiger partial charge < -0.3 is 9.84 Å². The van der Waals surface area contributed by atoms with Crippen molar-refractivity contribution >= 4 is 0 Å². The molecule has 1 unspecified atom stereocenters. The number of hydrogen-bond donors (Lipinski definition) is 1. The van der Waals surface area contributed by atoms with Crippen LogP contribution in [-0.4, -0.2) is 23.4 Å². The topological polar surface area (TPSA) is 29.5 Å². The highest BCUT2D eigenvalue weighted by atomic mass is 16.5. The number of unbranched alkanes of at least 4 members (excludes halogenated alkanes) is 1. The zero-order valence-electron chi connectivity index (χ0n) is 8.76. The molecule has 1 atom stereocenters. The van der Waals surface area contributed by atoms with Crippen LogP contribution in [0.2, 0.25) is 0 Å². The van der Waals surface area contributed by atoms with E-state index in [1.165, 1.54) is 0 Å². The number of rotatable bonds is 6. The Balaban J connectivity index is 3.68. The molecule has 2 heteroatoms. The summed E-state index contributed by atoms with van der Waals surface area (Å²) in [7, 11) is 0. The van der Waals surface area contributed by atoms with E-state index >= 15 is 0 Å². The first-order valence-electron chi connectivity index (χ1n) is 4.86. The van der Waals surface area contributed by atoms with Crippen LogP contribution in [0.4, 0.5) is 0 Å². The van der Waals surface area contributed by atoms with Crippen LogP contribution in [0.3, 0.4) is 0 Å². The van der Waals surface area contributed by atoms with Crippen LogP contribution in [0.1, 0.15) is 47.0 Å². The molecule has 0 heterocycles. The summed E-state index contributed by atoms with van der Waals surface area (Å²) in [4.78, 5) is 0. The van der Waals surface area contributed by atoms with E-state index in [1.807, 2.05) is 6.92 Å². The predicted octanol–water partition coefficient (Wildman–Crippen LogP) is 2.35. The molecule has 0 rings (SSSR count). The summed E-state index contributed by atoms with van der Waals surface area (Å²) in [6.45, 7) is 8.53. The monoisotopic (exact) mass is 174 g/mol. The summed E-state index contributed by atoms with van der Waals surface area (Å²) >= 11 is 0. The number of hydrogen-bond acceptors (Lipinski definition) is 2. The fourth-order valence-electron chi connectivity index (χ4n) is 1.19. The van der Waals surface area contributed by atoms with Gasteiger partial charge >= 0.3 is 0 Å². The highest BCUT2D eigenvalue weighted by Crippen LogP contribution is 2.15. The zero-order valence-corrected chi connectivity index (χ0v) is 8.76. The third-order valence-electron chi connectivity index (χ3n) is 1.98. The molecule has 0 aromatic heterocycles. The predicted molar refractivity (Wildman–Crippen MR) is 51.2 cm³/mol. The van der Waals surface area contributed by atoms with Crippen LogP contribution >= 0.6 is 0 Å². The molecule has 0 aliphatic heterocycles. The van der Waals surface area contributed by atoms with Crippen LogP contribution in [0.25, 0.3) is 0 Å². The summed E-state index contributed by atoms with van der Waals surface area (Å²) in [5.74, 6) is 0. The minimum Gasteiger partial charge on any atom is -0.388 e. The minimum absolute atomic E-state index is 0.0240. The van der Waals surface area contributed by atoms with Gasteiger partial charge in [-0.25, -0.2) is 0 Å². The van der Waals surface area contributed by atoms with Gasteiger partial charge in [-0.3, -0.25) is 0 Å². The Kier molecular flexibility index (Phi) is 5.51. The van der Waals surface area contributed by atoms with Crippen LogP contribution in [0.5, 0.6) is 0 Å². The molecule has 0 saturated carbocycles. The van der Waals surface area contributed by atoms with Crippen molar-refractivity contribution in [2.24, 2.45) is 0 Å². The largest absolute Gasteiger partial charge is 0.388 e. The van der Waals surface area contributed by atoms with Gasteiger partial charge in [0, 0.05) is 6.61 Å². The van der Waals surface area contributed by atoms with Crippen LogP contribution < -0.4 is 0 Å². The van der Waals surface area contributed by atoms with Crippen molar-refractivity contribution in [3.05, 3.63) is 0 Å². The lowest BCUT2D eigenvalue weighted by Gasteiger charge is -2.28. The summed E-state index contributed by atoms with van der Waals surface area (Å²) in [5.41, 5.74) is -0.706. The Labute approximate surface area is 75.9 Å². The van der Waals surface area contributed by atoms with Gasteiger partial charge in [-0.1, -0.05) is 20.3 Å². The Morgan fingerprint density at radius 3 is 2.25 bits per heavy atom. The summed E-state index contributed by atoms with van der Waals surface area (Å²) in [6.07, 6.45) is 3.06. The van der Waals surface area contributed by atoms with Gasteiger partial charge in [0.1, 0.15) is 0 Å². The lowest BCUT2D eigenvalue weighted by Crippen LogP contribution is -2.37. The SMILES string of the molecule is CCCCOC(CC)C(C)(C)O. The van der Waals surface area contributed by atoms with E-state index in [-0.39, 0.29) is 6.10 Å². The Hall–Kier alpha value is -0.0800. The lowest BCUT2D eigenvalue weighted by atomic mass is 10.00. The quantitative estimate of drug-likeness (QED) is 0.626. The first-order chi connectivity index (χ1) is 5.52. The van der Waals surface area contributed by atoms with Crippen molar-refractivity contribution in [3.63, 3.8) is 0 Å². The molecule has 0 aliphatic rings. The van der Waals surface area contributed by atoms with E-state index in [1.54, 1.807) is 13.8 Å². The maximum Gasteiger partial charge on any atom is 0.0853 e. The molecule has 0 aromatic rings. The van der Waals surface area contributed by atoms with Crippen molar-refractivity contribution < 1.29 is 9.84 Å². The molecule has 0 fully saturated rings. The normalized spacial score (nSPS) is 14.8. The van der Waals surface area contributed by atoms with Crippen molar-refractivity contribution in [3.8, 4) is 0 Å². The summed E-state index contributed by atoms with van der Waals surface area (Å²) in [6, 6.07) is 0. The molecule has 74 valence electrons. The second-order valence-corrected chi connectivity index (χ2v) is 3.77. The van der Waals surface area contributed by atoms with Crippen molar-refractivity contribution in [2.45, 2.75) is 58.7 Å². The molecule has 1 N–H and O–H groups in total. The number of aliphatic hydroxyl groups is 1. The van der Waals surface area contributed by atoms with Gasteiger partial charge in [0.2, 0.25) is 0 Å². The Morgan fingerprint density at radius 2 is 1.92 bits per heavy atom. The first kappa shape index (κ1) is 11.9. The molecule has 0 bridgehead atoms. The van der Waals surface area contributed by atoms with E-state index in [0.29, 0.717) is 0 Å². The van der Waals surface area contributed by atoms with Crippen molar-refractivity contribution in [1.82, 2.24) is 0 Å². The fraction of sp³-hybridized carbons (Fsp3) is 1.00. The number of ether oxygens (including phenoxy) is 1. The lowest BCUT2D eigenvalue weighted by molar-refractivity contribution is -0.0898. The standard InChI is InChI=1S/C10H22O2/c1-5-7-8-12-9(6-2)10(3,4)11/h9,11H,5-8H2,1-4H3.